The van der Waals surface area contributed by atoms with E-state index in [1.807, 2.05) is 79.7 Å². The van der Waals surface area contributed by atoms with Crippen LogP contribution in [0.5, 0.6) is 5.75 Å². The SMILES string of the molecule is CN(C)C(CNC(=O)c1oc2ccccc2c1COc1ccccc1)c1cccc(F)c1. The molecule has 1 heterocycles. The Hall–Kier alpha value is -3.64. The Kier molecular flexibility index (Phi) is 6.52. The fraction of sp³-hybridized carbons (Fsp3) is 0.192. The van der Waals surface area contributed by atoms with Gasteiger partial charge in [0.05, 0.1) is 6.04 Å². The standard InChI is InChI=1S/C26H25FN2O3/c1-29(2)23(18-9-8-10-19(27)15-18)16-28-26(30)25-22(17-31-20-11-4-3-5-12-20)21-13-6-7-14-24(21)32-25/h3-15,23H,16-17H2,1-2H3,(H,28,30). The molecule has 0 fully saturated rings. The van der Waals surface area contributed by atoms with E-state index >= 15 is 0 Å². The number of nitrogens with zero attached hydrogens (tertiary/aromatic N) is 1. The average Bonchev–Trinajstić information content (AvgIpc) is 3.17. The number of ether oxygens (including phenoxy) is 1. The Balaban J connectivity index is 1.56. The molecule has 0 bridgehead atoms. The van der Waals surface area contributed by atoms with Gasteiger partial charge in [0, 0.05) is 17.5 Å². The number of nitrogens with one attached hydrogen (secondary N) is 1. The number of rotatable bonds is 8. The highest BCUT2D eigenvalue weighted by Crippen LogP contribution is 2.28. The molecule has 0 saturated carbocycles. The van der Waals surface area contributed by atoms with Crippen LogP contribution in [-0.4, -0.2) is 31.4 Å². The van der Waals surface area contributed by atoms with Crippen LogP contribution in [0.4, 0.5) is 4.39 Å². The van der Waals surface area contributed by atoms with Gasteiger partial charge in [-0.25, -0.2) is 4.39 Å². The van der Waals surface area contributed by atoms with Gasteiger partial charge in [-0.2, -0.15) is 0 Å². The summed E-state index contributed by atoms with van der Waals surface area (Å²) >= 11 is 0. The van der Waals surface area contributed by atoms with E-state index in [0.717, 1.165) is 10.9 Å². The molecule has 5 nitrogen and oxygen atoms in total. The van der Waals surface area contributed by atoms with Gasteiger partial charge in [0.25, 0.3) is 5.91 Å². The largest absolute Gasteiger partial charge is 0.489 e. The van der Waals surface area contributed by atoms with Gasteiger partial charge in [0.2, 0.25) is 0 Å². The monoisotopic (exact) mass is 432 g/mol. The van der Waals surface area contributed by atoms with Crippen molar-refractivity contribution in [3.63, 3.8) is 0 Å². The van der Waals surface area contributed by atoms with E-state index in [1.54, 1.807) is 6.07 Å². The highest BCUT2D eigenvalue weighted by molar-refractivity contribution is 5.99. The van der Waals surface area contributed by atoms with Crippen molar-refractivity contribution in [2.45, 2.75) is 12.6 Å². The second-order valence-corrected chi connectivity index (χ2v) is 7.75. The topological polar surface area (TPSA) is 54.7 Å². The molecule has 1 unspecified atom stereocenters. The van der Waals surface area contributed by atoms with Crippen LogP contribution < -0.4 is 10.1 Å². The van der Waals surface area contributed by atoms with E-state index in [2.05, 4.69) is 5.32 Å². The summed E-state index contributed by atoms with van der Waals surface area (Å²) in [7, 11) is 3.78. The normalized spacial score (nSPS) is 12.1. The van der Waals surface area contributed by atoms with Crippen LogP contribution >= 0.6 is 0 Å². The lowest BCUT2D eigenvalue weighted by molar-refractivity contribution is 0.0913. The Morgan fingerprint density at radius 1 is 1.03 bits per heavy atom. The van der Waals surface area contributed by atoms with Crippen molar-refractivity contribution in [3.05, 3.63) is 102 Å². The molecule has 0 radical (unpaired) electrons. The van der Waals surface area contributed by atoms with Gasteiger partial charge in [-0.1, -0.05) is 48.5 Å². The number of carbonyl (C=O) groups is 1. The summed E-state index contributed by atoms with van der Waals surface area (Å²) < 4.78 is 25.5. The average molecular weight is 432 g/mol. The first-order chi connectivity index (χ1) is 15.5. The Morgan fingerprint density at radius 2 is 1.78 bits per heavy atom. The van der Waals surface area contributed by atoms with Crippen LogP contribution in [0.3, 0.4) is 0 Å². The van der Waals surface area contributed by atoms with Gasteiger partial charge in [0.1, 0.15) is 23.8 Å². The summed E-state index contributed by atoms with van der Waals surface area (Å²) in [5, 5.41) is 3.78. The van der Waals surface area contributed by atoms with Crippen LogP contribution in [0, 0.1) is 5.82 Å². The van der Waals surface area contributed by atoms with E-state index in [9.17, 15) is 9.18 Å². The molecular formula is C26H25FN2O3. The zero-order chi connectivity index (χ0) is 22.5. The third-order valence-electron chi connectivity index (χ3n) is 5.34. The van der Waals surface area contributed by atoms with E-state index in [1.165, 1.54) is 12.1 Å². The number of amides is 1. The first-order valence-electron chi connectivity index (χ1n) is 10.4. The second-order valence-electron chi connectivity index (χ2n) is 7.75. The second kappa shape index (κ2) is 9.66. The Bertz CT molecular complexity index is 1200. The molecule has 0 aliphatic heterocycles. The summed E-state index contributed by atoms with van der Waals surface area (Å²) in [5.74, 6) is 0.288. The molecule has 0 aliphatic rings. The van der Waals surface area contributed by atoms with Gasteiger partial charge in [-0.05, 0) is 50.0 Å². The minimum absolute atomic E-state index is 0.192. The smallest absolute Gasteiger partial charge is 0.287 e. The van der Waals surface area contributed by atoms with Crippen molar-refractivity contribution in [1.29, 1.82) is 0 Å². The number of furan rings is 1. The molecule has 1 amide bonds. The van der Waals surface area contributed by atoms with Crippen molar-refractivity contribution in [3.8, 4) is 5.75 Å². The quantitative estimate of drug-likeness (QED) is 0.417. The van der Waals surface area contributed by atoms with Crippen molar-refractivity contribution < 1.29 is 18.3 Å². The fourth-order valence-electron chi connectivity index (χ4n) is 3.68. The third-order valence-corrected chi connectivity index (χ3v) is 5.34. The zero-order valence-electron chi connectivity index (χ0n) is 18.0. The Labute approximate surface area is 186 Å². The molecule has 1 N–H and O–H groups in total. The van der Waals surface area contributed by atoms with Crippen LogP contribution in [0.25, 0.3) is 11.0 Å². The minimum Gasteiger partial charge on any atom is -0.489 e. The maximum atomic E-state index is 13.7. The van der Waals surface area contributed by atoms with Crippen molar-refractivity contribution >= 4 is 16.9 Å². The first kappa shape index (κ1) is 21.6. The van der Waals surface area contributed by atoms with Crippen molar-refractivity contribution in [2.24, 2.45) is 0 Å². The number of likely N-dealkylation sites (N-methyl/N-ethyl adjacent to an activating group) is 1. The molecule has 0 saturated heterocycles. The summed E-state index contributed by atoms with van der Waals surface area (Å²) in [4.78, 5) is 15.1. The van der Waals surface area contributed by atoms with Crippen molar-refractivity contribution in [1.82, 2.24) is 10.2 Å². The minimum atomic E-state index is -0.337. The van der Waals surface area contributed by atoms with Crippen molar-refractivity contribution in [2.75, 3.05) is 20.6 Å². The predicted octanol–water partition coefficient (Wildman–Crippen LogP) is 5.18. The Morgan fingerprint density at radius 3 is 2.53 bits per heavy atom. The molecule has 0 aliphatic carbocycles. The molecule has 6 heteroatoms. The summed E-state index contributed by atoms with van der Waals surface area (Å²) in [6.45, 7) is 0.496. The number of carbonyl (C=O) groups excluding carboxylic acids is 1. The predicted molar refractivity (Wildman–Crippen MR) is 122 cm³/mol. The zero-order valence-corrected chi connectivity index (χ0v) is 18.0. The van der Waals surface area contributed by atoms with Gasteiger partial charge >= 0.3 is 0 Å². The summed E-state index contributed by atoms with van der Waals surface area (Å²) in [6.07, 6.45) is 0. The highest BCUT2D eigenvalue weighted by atomic mass is 19.1. The van der Waals surface area contributed by atoms with Crippen LogP contribution in [-0.2, 0) is 6.61 Å². The molecule has 4 aromatic rings. The number of benzene rings is 3. The number of hydrogen-bond acceptors (Lipinski definition) is 4. The highest BCUT2D eigenvalue weighted by Gasteiger charge is 2.23. The number of halogens is 1. The molecule has 3 aromatic carbocycles. The maximum Gasteiger partial charge on any atom is 0.287 e. The van der Waals surface area contributed by atoms with Gasteiger partial charge in [0.15, 0.2) is 5.76 Å². The molecule has 4 rings (SSSR count). The molecular weight excluding hydrogens is 407 g/mol. The molecule has 32 heavy (non-hydrogen) atoms. The van der Waals surface area contributed by atoms with E-state index in [0.29, 0.717) is 23.4 Å². The van der Waals surface area contributed by atoms with E-state index in [-0.39, 0.29) is 30.1 Å². The molecule has 1 atom stereocenters. The van der Waals surface area contributed by atoms with E-state index < -0.39 is 0 Å². The van der Waals surface area contributed by atoms with Gasteiger partial charge < -0.3 is 19.4 Å². The lowest BCUT2D eigenvalue weighted by Crippen LogP contribution is -2.34. The fourth-order valence-corrected chi connectivity index (χ4v) is 3.68. The summed E-state index contributed by atoms with van der Waals surface area (Å²) in [5.41, 5.74) is 2.10. The number of para-hydroxylation sites is 2. The van der Waals surface area contributed by atoms with Crippen LogP contribution in [0.1, 0.15) is 27.7 Å². The van der Waals surface area contributed by atoms with Gasteiger partial charge in [-0.15, -0.1) is 0 Å². The lowest BCUT2D eigenvalue weighted by atomic mass is 10.1. The first-order valence-corrected chi connectivity index (χ1v) is 10.4. The molecule has 1 aromatic heterocycles. The molecule has 0 spiro atoms. The van der Waals surface area contributed by atoms with Crippen LogP contribution in [0.15, 0.2) is 83.3 Å². The number of fused-ring (bicyclic) bond motifs is 1. The maximum absolute atomic E-state index is 13.7. The molecule has 164 valence electrons. The van der Waals surface area contributed by atoms with Gasteiger partial charge in [-0.3, -0.25) is 4.79 Å². The number of hydrogen-bond donors (Lipinski definition) is 1. The van der Waals surface area contributed by atoms with Crippen LogP contribution in [0.2, 0.25) is 0 Å². The summed E-state index contributed by atoms with van der Waals surface area (Å²) in [6, 6.07) is 23.1. The third kappa shape index (κ3) is 4.81. The van der Waals surface area contributed by atoms with E-state index in [4.69, 9.17) is 9.15 Å². The lowest BCUT2D eigenvalue weighted by Gasteiger charge is -2.25.